The monoisotopic (exact) mass is 289 g/mol. The van der Waals surface area contributed by atoms with Crippen LogP contribution in [0.5, 0.6) is 0 Å². The Hall–Kier alpha value is -2.78. The SMILES string of the molecule is CCC1C(=O)NCCN1c1nc(N)nc(-n2cncn2)n1. The van der Waals surface area contributed by atoms with Crippen LogP contribution in [0.3, 0.4) is 0 Å². The zero-order valence-electron chi connectivity index (χ0n) is 11.5. The van der Waals surface area contributed by atoms with Crippen LogP contribution in [0.15, 0.2) is 12.7 Å². The number of rotatable bonds is 3. The maximum absolute atomic E-state index is 11.9. The first kappa shape index (κ1) is 13.2. The molecule has 10 nitrogen and oxygen atoms in total. The van der Waals surface area contributed by atoms with Crippen LogP contribution >= 0.6 is 0 Å². The van der Waals surface area contributed by atoms with E-state index in [4.69, 9.17) is 5.73 Å². The van der Waals surface area contributed by atoms with Gasteiger partial charge in [0, 0.05) is 13.1 Å². The van der Waals surface area contributed by atoms with Gasteiger partial charge >= 0.3 is 0 Å². The van der Waals surface area contributed by atoms with Crippen LogP contribution in [0.2, 0.25) is 0 Å². The molecule has 21 heavy (non-hydrogen) atoms. The van der Waals surface area contributed by atoms with Gasteiger partial charge in [0.1, 0.15) is 18.7 Å². The van der Waals surface area contributed by atoms with Crippen LogP contribution in [0.1, 0.15) is 13.3 Å². The molecule has 1 atom stereocenters. The predicted octanol–water partition coefficient (Wildman–Crippen LogP) is -1.25. The fourth-order valence-corrected chi connectivity index (χ4v) is 2.27. The molecular weight excluding hydrogens is 274 g/mol. The molecule has 0 aromatic carbocycles. The molecule has 2 aromatic rings. The Kier molecular flexibility index (Phi) is 3.34. The fourth-order valence-electron chi connectivity index (χ4n) is 2.27. The van der Waals surface area contributed by atoms with Gasteiger partial charge in [0.05, 0.1) is 0 Å². The first-order valence-electron chi connectivity index (χ1n) is 6.60. The average Bonchev–Trinajstić information content (AvgIpc) is 3.00. The molecule has 1 saturated heterocycles. The van der Waals surface area contributed by atoms with Crippen molar-refractivity contribution in [3.8, 4) is 5.95 Å². The van der Waals surface area contributed by atoms with Gasteiger partial charge in [-0.25, -0.2) is 4.98 Å². The largest absolute Gasteiger partial charge is 0.368 e. The highest BCUT2D eigenvalue weighted by molar-refractivity contribution is 5.85. The number of nitrogen functional groups attached to an aromatic ring is 1. The molecule has 3 rings (SSSR count). The van der Waals surface area contributed by atoms with E-state index in [1.807, 2.05) is 11.8 Å². The number of amides is 1. The van der Waals surface area contributed by atoms with Crippen molar-refractivity contribution in [3.63, 3.8) is 0 Å². The normalized spacial score (nSPS) is 18.6. The summed E-state index contributed by atoms with van der Waals surface area (Å²) in [6.45, 7) is 3.09. The Morgan fingerprint density at radius 3 is 2.90 bits per heavy atom. The third-order valence-electron chi connectivity index (χ3n) is 3.23. The van der Waals surface area contributed by atoms with Crippen LogP contribution in [-0.2, 0) is 4.79 Å². The van der Waals surface area contributed by atoms with E-state index >= 15 is 0 Å². The maximum atomic E-state index is 11.9. The summed E-state index contributed by atoms with van der Waals surface area (Å²) in [6, 6.07) is -0.316. The van der Waals surface area contributed by atoms with Gasteiger partial charge in [0.15, 0.2) is 0 Å². The van der Waals surface area contributed by atoms with Crippen LogP contribution in [0, 0.1) is 0 Å². The second kappa shape index (κ2) is 5.31. The summed E-state index contributed by atoms with van der Waals surface area (Å²) in [7, 11) is 0. The zero-order valence-corrected chi connectivity index (χ0v) is 11.5. The van der Waals surface area contributed by atoms with Gasteiger partial charge in [0.25, 0.3) is 5.95 Å². The molecule has 10 heteroatoms. The van der Waals surface area contributed by atoms with Gasteiger partial charge in [0.2, 0.25) is 17.8 Å². The number of aromatic nitrogens is 6. The number of nitrogens with one attached hydrogen (secondary N) is 1. The minimum atomic E-state index is -0.316. The lowest BCUT2D eigenvalue weighted by Gasteiger charge is -2.34. The zero-order chi connectivity index (χ0) is 14.8. The van der Waals surface area contributed by atoms with Gasteiger partial charge in [-0.1, -0.05) is 6.92 Å². The van der Waals surface area contributed by atoms with Crippen molar-refractivity contribution in [2.24, 2.45) is 0 Å². The van der Waals surface area contributed by atoms with E-state index in [-0.39, 0.29) is 23.8 Å². The van der Waals surface area contributed by atoms with Crippen molar-refractivity contribution in [1.29, 1.82) is 0 Å². The molecule has 110 valence electrons. The molecule has 3 N–H and O–H groups in total. The molecule has 0 saturated carbocycles. The van der Waals surface area contributed by atoms with Crippen molar-refractivity contribution >= 4 is 17.8 Å². The molecule has 3 heterocycles. The summed E-state index contributed by atoms with van der Waals surface area (Å²) in [4.78, 5) is 30.1. The number of carbonyl (C=O) groups excluding carboxylic acids is 1. The number of carbonyl (C=O) groups is 1. The number of nitrogens with zero attached hydrogens (tertiary/aromatic N) is 7. The standard InChI is InChI=1S/C11H15N9O/c1-2-7-8(21)14-3-4-19(7)10-16-9(12)17-11(18-10)20-6-13-5-15-20/h5-7H,2-4H2,1H3,(H,14,21)(H2,12,16,17,18). The van der Waals surface area contributed by atoms with Crippen molar-refractivity contribution in [2.75, 3.05) is 23.7 Å². The van der Waals surface area contributed by atoms with E-state index in [1.165, 1.54) is 17.3 Å². The van der Waals surface area contributed by atoms with Gasteiger partial charge in [-0.05, 0) is 6.42 Å². The Balaban J connectivity index is 1.99. The summed E-state index contributed by atoms with van der Waals surface area (Å²) >= 11 is 0. The number of piperazine rings is 1. The second-order valence-electron chi connectivity index (χ2n) is 4.54. The molecule has 2 aromatic heterocycles. The third-order valence-corrected chi connectivity index (χ3v) is 3.23. The van der Waals surface area contributed by atoms with Crippen molar-refractivity contribution in [3.05, 3.63) is 12.7 Å². The Labute approximate surface area is 120 Å². The van der Waals surface area contributed by atoms with Crippen LogP contribution < -0.4 is 16.0 Å². The van der Waals surface area contributed by atoms with E-state index in [1.54, 1.807) is 0 Å². The maximum Gasteiger partial charge on any atom is 0.258 e. The van der Waals surface area contributed by atoms with Crippen molar-refractivity contribution in [1.82, 2.24) is 35.0 Å². The molecule has 1 amide bonds. The van der Waals surface area contributed by atoms with Crippen LogP contribution in [0.25, 0.3) is 5.95 Å². The van der Waals surface area contributed by atoms with E-state index in [0.29, 0.717) is 25.5 Å². The smallest absolute Gasteiger partial charge is 0.258 e. The Bertz CT molecular complexity index is 641. The van der Waals surface area contributed by atoms with E-state index < -0.39 is 0 Å². The highest BCUT2D eigenvalue weighted by Gasteiger charge is 2.30. The minimum Gasteiger partial charge on any atom is -0.368 e. The first-order valence-corrected chi connectivity index (χ1v) is 6.60. The first-order chi connectivity index (χ1) is 10.2. The van der Waals surface area contributed by atoms with Crippen molar-refractivity contribution in [2.45, 2.75) is 19.4 Å². The summed E-state index contributed by atoms with van der Waals surface area (Å²) in [5.41, 5.74) is 5.74. The Morgan fingerprint density at radius 2 is 2.19 bits per heavy atom. The molecule has 0 aliphatic carbocycles. The van der Waals surface area contributed by atoms with Crippen molar-refractivity contribution < 1.29 is 4.79 Å². The molecular formula is C11H15N9O. The summed E-state index contributed by atoms with van der Waals surface area (Å²) in [6.07, 6.45) is 3.50. The number of hydrogen-bond acceptors (Lipinski definition) is 8. The molecule has 0 radical (unpaired) electrons. The summed E-state index contributed by atoms with van der Waals surface area (Å²) in [5, 5.41) is 6.80. The number of nitrogens with two attached hydrogens (primary N) is 1. The lowest BCUT2D eigenvalue weighted by atomic mass is 10.1. The van der Waals surface area contributed by atoms with E-state index in [2.05, 4.69) is 30.4 Å². The average molecular weight is 289 g/mol. The van der Waals surface area contributed by atoms with Gasteiger partial charge in [-0.3, -0.25) is 4.79 Å². The van der Waals surface area contributed by atoms with Gasteiger partial charge < -0.3 is 16.0 Å². The fraction of sp³-hybridized carbons (Fsp3) is 0.455. The van der Waals surface area contributed by atoms with Crippen LogP contribution in [-0.4, -0.2) is 54.8 Å². The second-order valence-corrected chi connectivity index (χ2v) is 4.54. The molecule has 1 aliphatic heterocycles. The molecule has 1 unspecified atom stereocenters. The van der Waals surface area contributed by atoms with E-state index in [9.17, 15) is 4.79 Å². The highest BCUT2D eigenvalue weighted by atomic mass is 16.2. The number of anilines is 2. The van der Waals surface area contributed by atoms with Crippen LogP contribution in [0.4, 0.5) is 11.9 Å². The van der Waals surface area contributed by atoms with Gasteiger partial charge in [-0.15, -0.1) is 0 Å². The molecule has 1 fully saturated rings. The third kappa shape index (κ3) is 2.47. The van der Waals surface area contributed by atoms with E-state index in [0.717, 1.165) is 0 Å². The lowest BCUT2D eigenvalue weighted by Crippen LogP contribution is -2.55. The topological polar surface area (TPSA) is 128 Å². The highest BCUT2D eigenvalue weighted by Crippen LogP contribution is 2.17. The number of hydrogen-bond donors (Lipinski definition) is 2. The summed E-state index contributed by atoms with van der Waals surface area (Å²) < 4.78 is 1.40. The molecule has 0 spiro atoms. The molecule has 1 aliphatic rings. The quantitative estimate of drug-likeness (QED) is 0.717. The lowest BCUT2D eigenvalue weighted by molar-refractivity contribution is -0.123. The minimum absolute atomic E-state index is 0.0370. The Morgan fingerprint density at radius 1 is 1.38 bits per heavy atom. The van der Waals surface area contributed by atoms with Gasteiger partial charge in [-0.2, -0.15) is 24.7 Å². The molecule has 0 bridgehead atoms. The predicted molar refractivity (Wildman–Crippen MR) is 73.6 cm³/mol. The summed E-state index contributed by atoms with van der Waals surface area (Å²) in [5.74, 6) is 0.682.